The van der Waals surface area contributed by atoms with E-state index in [4.69, 9.17) is 0 Å². The van der Waals surface area contributed by atoms with Crippen molar-refractivity contribution in [3.63, 3.8) is 0 Å². The smallest absolute Gasteiger partial charge is 0.123 e. The van der Waals surface area contributed by atoms with Crippen molar-refractivity contribution in [2.75, 3.05) is 0 Å². The van der Waals surface area contributed by atoms with E-state index in [1.165, 1.54) is 51.0 Å². The lowest BCUT2D eigenvalue weighted by molar-refractivity contribution is -0.119. The predicted molar refractivity (Wildman–Crippen MR) is 112 cm³/mol. The van der Waals surface area contributed by atoms with E-state index >= 15 is 0 Å². The molecule has 4 saturated carbocycles. The van der Waals surface area contributed by atoms with Gasteiger partial charge in [0, 0.05) is 5.41 Å². The van der Waals surface area contributed by atoms with Crippen LogP contribution in [0.4, 0.5) is 4.39 Å². The highest BCUT2D eigenvalue weighted by atomic mass is 19.1. The number of halogens is 1. The molecule has 2 heteroatoms. The van der Waals surface area contributed by atoms with Gasteiger partial charge >= 0.3 is 0 Å². The lowest BCUT2D eigenvalue weighted by Gasteiger charge is -2.60. The second-order valence-electron chi connectivity index (χ2n) is 10.8. The summed E-state index contributed by atoms with van der Waals surface area (Å²) in [5.74, 6) is 2.91. The number of rotatable bonds is 1. The van der Waals surface area contributed by atoms with E-state index in [-0.39, 0.29) is 17.3 Å². The Bertz CT molecular complexity index is 784. The van der Waals surface area contributed by atoms with Crippen LogP contribution in [0.25, 0.3) is 6.08 Å². The van der Waals surface area contributed by atoms with Crippen molar-refractivity contribution >= 4 is 6.08 Å². The van der Waals surface area contributed by atoms with Crippen LogP contribution < -0.4 is 0 Å². The van der Waals surface area contributed by atoms with Crippen molar-refractivity contribution in [1.82, 2.24) is 0 Å². The van der Waals surface area contributed by atoms with Gasteiger partial charge in [-0.1, -0.05) is 44.9 Å². The van der Waals surface area contributed by atoms with Gasteiger partial charge in [-0.15, -0.1) is 0 Å². The molecule has 0 aliphatic heterocycles. The highest BCUT2D eigenvalue weighted by Gasteiger charge is 2.60. The van der Waals surface area contributed by atoms with E-state index < -0.39 is 0 Å². The average molecular weight is 383 g/mol. The summed E-state index contributed by atoms with van der Waals surface area (Å²) < 4.78 is 13.6. The van der Waals surface area contributed by atoms with Crippen LogP contribution in [-0.2, 0) is 0 Å². The van der Waals surface area contributed by atoms with Crippen molar-refractivity contribution in [3.8, 4) is 0 Å². The van der Waals surface area contributed by atoms with Crippen molar-refractivity contribution < 1.29 is 9.50 Å². The molecule has 0 saturated heterocycles. The third-order valence-corrected chi connectivity index (χ3v) is 9.65. The minimum Gasteiger partial charge on any atom is -0.388 e. The summed E-state index contributed by atoms with van der Waals surface area (Å²) >= 11 is 0. The monoisotopic (exact) mass is 382 g/mol. The fourth-order valence-corrected chi connectivity index (χ4v) is 8.10. The van der Waals surface area contributed by atoms with Gasteiger partial charge in [0.25, 0.3) is 0 Å². The minimum absolute atomic E-state index is 0.00180. The molecule has 0 spiro atoms. The van der Waals surface area contributed by atoms with Crippen molar-refractivity contribution in [3.05, 3.63) is 41.2 Å². The van der Waals surface area contributed by atoms with Gasteiger partial charge in [-0.05, 0) is 97.3 Å². The molecule has 1 nitrogen and oxygen atoms in total. The van der Waals surface area contributed by atoms with E-state index in [9.17, 15) is 9.50 Å². The summed E-state index contributed by atoms with van der Waals surface area (Å²) in [6.45, 7) is 4.94. The number of benzene rings is 1. The van der Waals surface area contributed by atoms with E-state index in [1.54, 1.807) is 12.1 Å². The van der Waals surface area contributed by atoms with Gasteiger partial charge in [-0.25, -0.2) is 4.39 Å². The summed E-state index contributed by atoms with van der Waals surface area (Å²) in [5.41, 5.74) is 2.55. The molecule has 0 aromatic heterocycles. The molecule has 0 amide bonds. The van der Waals surface area contributed by atoms with Crippen molar-refractivity contribution in [2.24, 2.45) is 34.5 Å². The minimum atomic E-state index is -0.376. The van der Waals surface area contributed by atoms with E-state index in [1.807, 2.05) is 6.07 Å². The predicted octanol–water partition coefficient (Wildman–Crippen LogP) is 6.61. The highest BCUT2D eigenvalue weighted by molar-refractivity contribution is 5.55. The Hall–Kier alpha value is -1.15. The lowest BCUT2D eigenvalue weighted by atomic mass is 9.45. The topological polar surface area (TPSA) is 20.2 Å². The van der Waals surface area contributed by atoms with E-state index in [0.717, 1.165) is 41.7 Å². The second-order valence-corrected chi connectivity index (χ2v) is 10.8. The van der Waals surface area contributed by atoms with Crippen LogP contribution in [0.15, 0.2) is 29.8 Å². The van der Waals surface area contributed by atoms with E-state index in [0.29, 0.717) is 11.3 Å². The summed E-state index contributed by atoms with van der Waals surface area (Å²) in [7, 11) is 0. The quantitative estimate of drug-likeness (QED) is 0.579. The van der Waals surface area contributed by atoms with Crippen molar-refractivity contribution in [1.29, 1.82) is 0 Å². The van der Waals surface area contributed by atoms with Gasteiger partial charge in [0.2, 0.25) is 0 Å². The standard InChI is InChI=1S/C26H35FO/c1-25-12-4-3-7-19(25)9-10-21-22(25)11-13-26(2)23(21)16-18(24(26)28)14-17-6-5-8-20(27)15-17/h5-6,8,14-15,19,21-24,28H,3-4,7,9-13,16H2,1-2H3/b18-14+/t19-,21-,22+,23-,24+,25+,26+/m1/s1. The maximum Gasteiger partial charge on any atom is 0.123 e. The first-order valence-corrected chi connectivity index (χ1v) is 11.6. The van der Waals surface area contributed by atoms with Crippen molar-refractivity contribution in [2.45, 2.75) is 77.7 Å². The van der Waals surface area contributed by atoms with Crippen LogP contribution in [0.3, 0.4) is 0 Å². The Labute approximate surface area is 169 Å². The Morgan fingerprint density at radius 3 is 2.68 bits per heavy atom. The molecule has 28 heavy (non-hydrogen) atoms. The first-order chi connectivity index (χ1) is 13.4. The molecule has 5 rings (SSSR count). The highest BCUT2D eigenvalue weighted by Crippen LogP contribution is 2.67. The van der Waals surface area contributed by atoms with Crippen LogP contribution in [0, 0.1) is 40.3 Å². The molecule has 1 aromatic rings. The number of aliphatic hydroxyl groups is 1. The molecule has 7 atom stereocenters. The number of hydrogen-bond donors (Lipinski definition) is 1. The molecule has 0 bridgehead atoms. The Morgan fingerprint density at radius 1 is 1.00 bits per heavy atom. The van der Waals surface area contributed by atoms with Crippen LogP contribution in [0.5, 0.6) is 0 Å². The third-order valence-electron chi connectivity index (χ3n) is 9.65. The van der Waals surface area contributed by atoms with Crippen LogP contribution in [0.1, 0.15) is 77.2 Å². The van der Waals surface area contributed by atoms with Gasteiger partial charge < -0.3 is 5.11 Å². The molecule has 1 aromatic carbocycles. The lowest BCUT2D eigenvalue weighted by Crippen LogP contribution is -2.53. The molecule has 4 aliphatic carbocycles. The largest absolute Gasteiger partial charge is 0.388 e. The van der Waals surface area contributed by atoms with Crippen LogP contribution in [-0.4, -0.2) is 11.2 Å². The third kappa shape index (κ3) is 2.74. The molecule has 0 heterocycles. The summed E-state index contributed by atoms with van der Waals surface area (Å²) in [6.07, 6.45) is 13.6. The van der Waals surface area contributed by atoms with Gasteiger partial charge in [0.05, 0.1) is 6.10 Å². The number of fused-ring (bicyclic) bond motifs is 5. The van der Waals surface area contributed by atoms with Gasteiger partial charge in [-0.3, -0.25) is 0 Å². The van der Waals surface area contributed by atoms with Gasteiger partial charge in [0.1, 0.15) is 5.82 Å². The maximum absolute atomic E-state index is 13.6. The molecule has 152 valence electrons. The maximum atomic E-state index is 13.6. The van der Waals surface area contributed by atoms with Crippen LogP contribution in [0.2, 0.25) is 0 Å². The molecular formula is C26H35FO. The molecule has 0 radical (unpaired) electrons. The summed E-state index contributed by atoms with van der Waals surface area (Å²) in [5, 5.41) is 11.3. The Kier molecular flexibility index (Phi) is 4.50. The van der Waals surface area contributed by atoms with Gasteiger partial charge in [0.15, 0.2) is 0 Å². The van der Waals surface area contributed by atoms with Gasteiger partial charge in [-0.2, -0.15) is 0 Å². The SMILES string of the molecule is C[C@]12CC[C@H]3[C@@H](CC[C@H]4CCCC[C@@]43C)[C@H]1C/C(=C\c1cccc(F)c1)[C@@H]2O. The fraction of sp³-hybridized carbons (Fsp3) is 0.692. The molecule has 1 N–H and O–H groups in total. The van der Waals surface area contributed by atoms with E-state index in [2.05, 4.69) is 19.9 Å². The summed E-state index contributed by atoms with van der Waals surface area (Å²) in [6, 6.07) is 6.78. The Balaban J connectivity index is 1.46. The fourth-order valence-electron chi connectivity index (χ4n) is 8.10. The zero-order valence-corrected chi connectivity index (χ0v) is 17.5. The second kappa shape index (κ2) is 6.69. The number of aliphatic hydroxyl groups excluding tert-OH is 1. The molecule has 4 fully saturated rings. The zero-order valence-electron chi connectivity index (χ0n) is 17.5. The number of hydrogen-bond acceptors (Lipinski definition) is 1. The average Bonchev–Trinajstić information content (AvgIpc) is 2.92. The molecule has 4 aliphatic rings. The van der Waals surface area contributed by atoms with Crippen LogP contribution >= 0.6 is 0 Å². The first kappa shape index (κ1) is 18.9. The molecular weight excluding hydrogens is 347 g/mol. The first-order valence-electron chi connectivity index (χ1n) is 11.6. The summed E-state index contributed by atoms with van der Waals surface area (Å²) in [4.78, 5) is 0. The Morgan fingerprint density at radius 2 is 1.86 bits per heavy atom. The zero-order chi connectivity index (χ0) is 19.5. The molecule has 0 unspecified atom stereocenters. The normalized spacial score (nSPS) is 46.7.